The van der Waals surface area contributed by atoms with Crippen LogP contribution in [0, 0.1) is 11.2 Å². The topological polar surface area (TPSA) is 30.5 Å². The van der Waals surface area contributed by atoms with Gasteiger partial charge in [-0.25, -0.2) is 4.39 Å². The molecule has 1 aromatic rings. The maximum absolute atomic E-state index is 14.0. The quantitative estimate of drug-likeness (QED) is 0.785. The van der Waals surface area contributed by atoms with Gasteiger partial charge in [0.05, 0.1) is 12.7 Å². The van der Waals surface area contributed by atoms with Crippen LogP contribution in [-0.2, 0) is 15.9 Å². The number of nitrogens with one attached hydrogen (secondary N) is 1. The van der Waals surface area contributed by atoms with Crippen molar-refractivity contribution in [2.75, 3.05) is 33.4 Å². The molecule has 1 aliphatic heterocycles. The Balaban J connectivity index is 2.11. The van der Waals surface area contributed by atoms with Crippen LogP contribution in [0.2, 0.25) is 5.02 Å². The molecule has 1 fully saturated rings. The molecular weight excluding hydrogens is 293 g/mol. The van der Waals surface area contributed by atoms with Gasteiger partial charge in [-0.1, -0.05) is 11.6 Å². The smallest absolute Gasteiger partial charge is 0.126 e. The summed E-state index contributed by atoms with van der Waals surface area (Å²) in [6.45, 7) is 5.01. The van der Waals surface area contributed by atoms with E-state index in [1.165, 1.54) is 6.07 Å². The van der Waals surface area contributed by atoms with Crippen LogP contribution in [0.15, 0.2) is 18.2 Å². The lowest BCUT2D eigenvalue weighted by Crippen LogP contribution is -2.42. The molecule has 0 amide bonds. The first-order chi connectivity index (χ1) is 10.1. The number of rotatable bonds is 7. The van der Waals surface area contributed by atoms with E-state index in [9.17, 15) is 4.39 Å². The molecule has 1 aliphatic rings. The average molecular weight is 316 g/mol. The molecule has 0 radical (unpaired) electrons. The highest BCUT2D eigenvalue weighted by molar-refractivity contribution is 6.30. The van der Waals surface area contributed by atoms with Gasteiger partial charge in [-0.2, -0.15) is 0 Å². The summed E-state index contributed by atoms with van der Waals surface area (Å²) >= 11 is 6.00. The summed E-state index contributed by atoms with van der Waals surface area (Å²) in [5, 5.41) is 3.96. The number of ether oxygens (including phenoxy) is 2. The minimum atomic E-state index is -0.199. The monoisotopic (exact) mass is 315 g/mol. The fraction of sp³-hybridized carbons (Fsp3) is 0.625. The van der Waals surface area contributed by atoms with Crippen molar-refractivity contribution in [3.8, 4) is 0 Å². The summed E-state index contributed by atoms with van der Waals surface area (Å²) in [7, 11) is 1.68. The second kappa shape index (κ2) is 7.54. The van der Waals surface area contributed by atoms with E-state index in [4.69, 9.17) is 21.1 Å². The van der Waals surface area contributed by atoms with Crippen molar-refractivity contribution in [1.29, 1.82) is 0 Å². The molecule has 0 aliphatic carbocycles. The van der Waals surface area contributed by atoms with E-state index in [-0.39, 0.29) is 17.3 Å². The van der Waals surface area contributed by atoms with E-state index in [1.54, 1.807) is 19.2 Å². The number of hydrogen-bond donors (Lipinski definition) is 1. The molecule has 118 valence electrons. The molecule has 3 nitrogen and oxygen atoms in total. The van der Waals surface area contributed by atoms with Crippen LogP contribution < -0.4 is 5.32 Å². The zero-order valence-corrected chi connectivity index (χ0v) is 13.4. The zero-order valence-electron chi connectivity index (χ0n) is 12.6. The number of methoxy groups -OCH3 is 1. The minimum Gasteiger partial charge on any atom is -0.383 e. The molecule has 1 heterocycles. The Morgan fingerprint density at radius 3 is 3.00 bits per heavy atom. The first kappa shape index (κ1) is 16.7. The molecule has 2 unspecified atom stereocenters. The van der Waals surface area contributed by atoms with Crippen LogP contribution in [0.4, 0.5) is 4.39 Å². The summed E-state index contributed by atoms with van der Waals surface area (Å²) in [4.78, 5) is 0. The maximum Gasteiger partial charge on any atom is 0.126 e. The minimum absolute atomic E-state index is 0.0888. The van der Waals surface area contributed by atoms with Crippen LogP contribution in [0.5, 0.6) is 0 Å². The van der Waals surface area contributed by atoms with E-state index < -0.39 is 0 Å². The molecule has 0 spiro atoms. The molecule has 2 rings (SSSR count). The molecule has 0 bridgehead atoms. The Morgan fingerprint density at radius 1 is 1.52 bits per heavy atom. The number of benzene rings is 1. The average Bonchev–Trinajstić information content (AvgIpc) is 2.81. The summed E-state index contributed by atoms with van der Waals surface area (Å²) in [6.07, 6.45) is 1.63. The number of hydrogen-bond acceptors (Lipinski definition) is 3. The van der Waals surface area contributed by atoms with Gasteiger partial charge in [0.25, 0.3) is 0 Å². The van der Waals surface area contributed by atoms with Gasteiger partial charge in [0.2, 0.25) is 0 Å². The normalized spacial score (nSPS) is 25.4. The first-order valence-corrected chi connectivity index (χ1v) is 7.70. The van der Waals surface area contributed by atoms with Crippen LogP contribution in [0.3, 0.4) is 0 Å². The molecule has 1 aromatic carbocycles. The molecular formula is C16H23ClFNO2. The van der Waals surface area contributed by atoms with E-state index in [2.05, 4.69) is 12.2 Å². The van der Waals surface area contributed by atoms with E-state index in [0.717, 1.165) is 26.1 Å². The van der Waals surface area contributed by atoms with Gasteiger partial charge in [-0.15, -0.1) is 0 Å². The van der Waals surface area contributed by atoms with Crippen LogP contribution >= 0.6 is 11.6 Å². The van der Waals surface area contributed by atoms with E-state index in [0.29, 0.717) is 23.6 Å². The molecule has 5 heteroatoms. The van der Waals surface area contributed by atoms with Crippen molar-refractivity contribution in [3.63, 3.8) is 0 Å². The van der Waals surface area contributed by atoms with Gasteiger partial charge in [0.1, 0.15) is 5.82 Å². The summed E-state index contributed by atoms with van der Waals surface area (Å²) < 4.78 is 24.8. The lowest BCUT2D eigenvalue weighted by atomic mass is 9.76. The van der Waals surface area contributed by atoms with Crippen molar-refractivity contribution >= 4 is 11.6 Å². The second-order valence-electron chi connectivity index (χ2n) is 5.71. The van der Waals surface area contributed by atoms with Crippen LogP contribution in [-0.4, -0.2) is 39.5 Å². The van der Waals surface area contributed by atoms with E-state index >= 15 is 0 Å². The highest BCUT2D eigenvalue weighted by Crippen LogP contribution is 2.38. The first-order valence-electron chi connectivity index (χ1n) is 7.32. The lowest BCUT2D eigenvalue weighted by molar-refractivity contribution is 0.0615. The van der Waals surface area contributed by atoms with Gasteiger partial charge in [0, 0.05) is 37.2 Å². The van der Waals surface area contributed by atoms with Gasteiger partial charge in [-0.05, 0) is 43.5 Å². The van der Waals surface area contributed by atoms with Crippen molar-refractivity contribution in [2.24, 2.45) is 5.41 Å². The standard InChI is InChI=1S/C16H23ClFNO2/c1-12-16(5-7-21-12,11-19-6-8-20-2)10-13-9-14(17)3-4-15(13)18/h3-4,9,12,19H,5-8,10-11H2,1-2H3. The third kappa shape index (κ3) is 4.16. The SMILES string of the molecule is COCCNCC1(Cc2cc(Cl)ccc2F)CCOC1C. The predicted octanol–water partition coefficient (Wildman–Crippen LogP) is 3.05. The highest BCUT2D eigenvalue weighted by atomic mass is 35.5. The summed E-state index contributed by atoms with van der Waals surface area (Å²) in [6, 6.07) is 4.74. The third-order valence-corrected chi connectivity index (χ3v) is 4.58. The Bertz CT molecular complexity index is 472. The largest absolute Gasteiger partial charge is 0.383 e. The Morgan fingerprint density at radius 2 is 2.33 bits per heavy atom. The number of halogens is 2. The molecule has 1 saturated heterocycles. The fourth-order valence-corrected chi connectivity index (χ4v) is 3.11. The lowest BCUT2D eigenvalue weighted by Gasteiger charge is -2.33. The predicted molar refractivity (Wildman–Crippen MR) is 82.3 cm³/mol. The molecule has 21 heavy (non-hydrogen) atoms. The zero-order chi connectivity index (χ0) is 15.3. The summed E-state index contributed by atoms with van der Waals surface area (Å²) in [5.41, 5.74) is 0.563. The second-order valence-corrected chi connectivity index (χ2v) is 6.14. The molecule has 0 aromatic heterocycles. The van der Waals surface area contributed by atoms with Crippen LogP contribution in [0.1, 0.15) is 18.9 Å². The summed E-state index contributed by atoms with van der Waals surface area (Å²) in [5.74, 6) is -0.199. The van der Waals surface area contributed by atoms with Crippen molar-refractivity contribution in [2.45, 2.75) is 25.9 Å². The van der Waals surface area contributed by atoms with Crippen LogP contribution in [0.25, 0.3) is 0 Å². The fourth-order valence-electron chi connectivity index (χ4n) is 2.92. The molecule has 1 N–H and O–H groups in total. The molecule has 0 saturated carbocycles. The van der Waals surface area contributed by atoms with E-state index in [1.807, 2.05) is 0 Å². The Kier molecular flexibility index (Phi) is 5.99. The van der Waals surface area contributed by atoms with Gasteiger partial charge < -0.3 is 14.8 Å². The van der Waals surface area contributed by atoms with Crippen molar-refractivity contribution in [1.82, 2.24) is 5.32 Å². The van der Waals surface area contributed by atoms with Crippen molar-refractivity contribution < 1.29 is 13.9 Å². The maximum atomic E-state index is 14.0. The Hall–Kier alpha value is -0.680. The highest BCUT2D eigenvalue weighted by Gasteiger charge is 2.41. The molecule has 2 atom stereocenters. The van der Waals surface area contributed by atoms with Crippen molar-refractivity contribution in [3.05, 3.63) is 34.6 Å². The van der Waals surface area contributed by atoms with Gasteiger partial charge in [0.15, 0.2) is 0 Å². The van der Waals surface area contributed by atoms with Gasteiger partial charge >= 0.3 is 0 Å². The Labute approximate surface area is 130 Å². The third-order valence-electron chi connectivity index (χ3n) is 4.34. The van der Waals surface area contributed by atoms with Gasteiger partial charge in [-0.3, -0.25) is 0 Å².